The maximum atomic E-state index is 9.25. The van der Waals surface area contributed by atoms with Gasteiger partial charge in [0.1, 0.15) is 28.9 Å². The number of nitriles is 1. The van der Waals surface area contributed by atoms with Gasteiger partial charge in [-0.1, -0.05) is 0 Å². The average molecular weight is 272 g/mol. The number of aryl methyl sites for hydroxylation is 1. The Morgan fingerprint density at radius 1 is 1.20 bits per heavy atom. The summed E-state index contributed by atoms with van der Waals surface area (Å²) >= 11 is 0. The van der Waals surface area contributed by atoms with Crippen molar-refractivity contribution < 1.29 is 13.9 Å². The first-order chi connectivity index (χ1) is 9.54. The molecule has 0 bridgehead atoms. The third-order valence-electron chi connectivity index (χ3n) is 3.27. The number of hydrogen-bond acceptors (Lipinski definition) is 5. The van der Waals surface area contributed by atoms with Crippen LogP contribution >= 0.6 is 0 Å². The molecule has 1 heterocycles. The second-order valence-electron chi connectivity index (χ2n) is 4.36. The van der Waals surface area contributed by atoms with E-state index in [-0.39, 0.29) is 5.88 Å². The molecule has 5 nitrogen and oxygen atoms in total. The van der Waals surface area contributed by atoms with Crippen LogP contribution in [-0.4, -0.2) is 14.2 Å². The van der Waals surface area contributed by atoms with Gasteiger partial charge in [0.05, 0.1) is 14.2 Å². The summed E-state index contributed by atoms with van der Waals surface area (Å²) in [7, 11) is 3.18. The summed E-state index contributed by atoms with van der Waals surface area (Å²) in [5.74, 6) is 2.07. The standard InChI is InChI=1S/C15H16N2O3/c1-8-12(18-3)6-5-10(14(8)19-4)13-9(2)20-15(17)11(13)7-16/h5-6H,17H2,1-4H3. The summed E-state index contributed by atoms with van der Waals surface area (Å²) < 4.78 is 16.1. The van der Waals surface area contributed by atoms with Crippen LogP contribution in [0.5, 0.6) is 11.5 Å². The normalized spacial score (nSPS) is 10.2. The van der Waals surface area contributed by atoms with Crippen LogP contribution in [0.3, 0.4) is 0 Å². The molecular weight excluding hydrogens is 256 g/mol. The fraction of sp³-hybridized carbons (Fsp3) is 0.267. The Kier molecular flexibility index (Phi) is 3.57. The van der Waals surface area contributed by atoms with Gasteiger partial charge in [0.25, 0.3) is 0 Å². The van der Waals surface area contributed by atoms with Crippen LogP contribution in [0.2, 0.25) is 0 Å². The highest BCUT2D eigenvalue weighted by Gasteiger charge is 2.22. The molecule has 0 aliphatic heterocycles. The number of anilines is 1. The fourth-order valence-corrected chi connectivity index (χ4v) is 2.36. The summed E-state index contributed by atoms with van der Waals surface area (Å²) in [6.45, 7) is 3.66. The molecule has 20 heavy (non-hydrogen) atoms. The zero-order chi connectivity index (χ0) is 14.9. The third-order valence-corrected chi connectivity index (χ3v) is 3.27. The molecule has 104 valence electrons. The van der Waals surface area contributed by atoms with Gasteiger partial charge in [-0.05, 0) is 26.0 Å². The molecule has 1 aromatic heterocycles. The van der Waals surface area contributed by atoms with E-state index in [1.807, 2.05) is 19.1 Å². The number of methoxy groups -OCH3 is 2. The molecule has 0 amide bonds. The van der Waals surface area contributed by atoms with E-state index in [0.717, 1.165) is 16.9 Å². The van der Waals surface area contributed by atoms with Gasteiger partial charge in [-0.15, -0.1) is 0 Å². The van der Waals surface area contributed by atoms with E-state index in [4.69, 9.17) is 19.6 Å². The van der Waals surface area contributed by atoms with Crippen LogP contribution in [-0.2, 0) is 0 Å². The maximum Gasteiger partial charge on any atom is 0.209 e. The summed E-state index contributed by atoms with van der Waals surface area (Å²) in [6, 6.07) is 5.74. The van der Waals surface area contributed by atoms with Crippen LogP contribution in [0.1, 0.15) is 16.9 Å². The van der Waals surface area contributed by atoms with Crippen molar-refractivity contribution in [3.63, 3.8) is 0 Å². The fourth-order valence-electron chi connectivity index (χ4n) is 2.36. The van der Waals surface area contributed by atoms with E-state index in [2.05, 4.69) is 6.07 Å². The van der Waals surface area contributed by atoms with Gasteiger partial charge in [-0.25, -0.2) is 0 Å². The van der Waals surface area contributed by atoms with Crippen molar-refractivity contribution in [2.45, 2.75) is 13.8 Å². The minimum atomic E-state index is 0.121. The zero-order valence-electron chi connectivity index (χ0n) is 11.9. The smallest absolute Gasteiger partial charge is 0.209 e. The first-order valence-corrected chi connectivity index (χ1v) is 6.06. The Morgan fingerprint density at radius 2 is 1.90 bits per heavy atom. The first-order valence-electron chi connectivity index (χ1n) is 6.06. The van der Waals surface area contributed by atoms with Crippen molar-refractivity contribution in [2.24, 2.45) is 0 Å². The van der Waals surface area contributed by atoms with Gasteiger partial charge in [-0.3, -0.25) is 0 Å². The molecule has 0 saturated heterocycles. The topological polar surface area (TPSA) is 81.4 Å². The number of ether oxygens (including phenoxy) is 2. The van der Waals surface area contributed by atoms with Crippen LogP contribution < -0.4 is 15.2 Å². The third kappa shape index (κ3) is 1.95. The predicted molar refractivity (Wildman–Crippen MR) is 75.8 cm³/mol. The van der Waals surface area contributed by atoms with Gasteiger partial charge >= 0.3 is 0 Å². The molecule has 2 rings (SSSR count). The molecule has 0 spiro atoms. The minimum Gasteiger partial charge on any atom is -0.496 e. The lowest BCUT2D eigenvalue weighted by Gasteiger charge is -2.14. The molecule has 2 aromatic rings. The first kappa shape index (κ1) is 13.8. The second kappa shape index (κ2) is 5.17. The molecule has 5 heteroatoms. The molecule has 0 radical (unpaired) electrons. The molecule has 0 unspecified atom stereocenters. The average Bonchev–Trinajstić information content (AvgIpc) is 2.72. The SMILES string of the molecule is COc1ccc(-c2c(C)oc(N)c2C#N)c(OC)c1C. The van der Waals surface area contributed by atoms with E-state index in [1.165, 1.54) is 0 Å². The lowest BCUT2D eigenvalue weighted by Crippen LogP contribution is -1.96. The van der Waals surface area contributed by atoms with Crippen molar-refractivity contribution >= 4 is 5.88 Å². The quantitative estimate of drug-likeness (QED) is 0.928. The molecule has 0 aliphatic carbocycles. The summed E-state index contributed by atoms with van der Waals surface area (Å²) in [5.41, 5.74) is 8.33. The van der Waals surface area contributed by atoms with E-state index < -0.39 is 0 Å². The lowest BCUT2D eigenvalue weighted by molar-refractivity contribution is 0.390. The minimum absolute atomic E-state index is 0.121. The number of rotatable bonds is 3. The molecular formula is C15H16N2O3. The van der Waals surface area contributed by atoms with Crippen molar-refractivity contribution in [3.8, 4) is 28.7 Å². The highest BCUT2D eigenvalue weighted by molar-refractivity contribution is 5.82. The van der Waals surface area contributed by atoms with Crippen LogP contribution in [0, 0.1) is 25.2 Å². The highest BCUT2D eigenvalue weighted by atomic mass is 16.5. The number of furan rings is 1. The number of nitrogens with two attached hydrogens (primary N) is 1. The van der Waals surface area contributed by atoms with E-state index >= 15 is 0 Å². The van der Waals surface area contributed by atoms with Gasteiger partial charge in [-0.2, -0.15) is 5.26 Å². The van der Waals surface area contributed by atoms with Crippen molar-refractivity contribution in [2.75, 3.05) is 20.0 Å². The summed E-state index contributed by atoms with van der Waals surface area (Å²) in [4.78, 5) is 0. The van der Waals surface area contributed by atoms with E-state index in [0.29, 0.717) is 22.6 Å². The van der Waals surface area contributed by atoms with Crippen LogP contribution in [0.4, 0.5) is 5.88 Å². The Balaban J connectivity index is 2.78. The Hall–Kier alpha value is -2.61. The lowest BCUT2D eigenvalue weighted by atomic mass is 9.98. The second-order valence-corrected chi connectivity index (χ2v) is 4.36. The Bertz CT molecular complexity index is 696. The number of hydrogen-bond donors (Lipinski definition) is 1. The number of nitrogens with zero attached hydrogens (tertiary/aromatic N) is 1. The van der Waals surface area contributed by atoms with E-state index in [9.17, 15) is 5.26 Å². The molecule has 1 aromatic carbocycles. The maximum absolute atomic E-state index is 9.25. The van der Waals surface area contributed by atoms with Crippen LogP contribution in [0.25, 0.3) is 11.1 Å². The Morgan fingerprint density at radius 3 is 2.45 bits per heavy atom. The monoisotopic (exact) mass is 272 g/mol. The molecule has 0 fully saturated rings. The van der Waals surface area contributed by atoms with Crippen molar-refractivity contribution in [3.05, 3.63) is 29.0 Å². The summed E-state index contributed by atoms with van der Waals surface area (Å²) in [5, 5.41) is 9.25. The molecule has 0 atom stereocenters. The summed E-state index contributed by atoms with van der Waals surface area (Å²) in [6.07, 6.45) is 0. The van der Waals surface area contributed by atoms with Crippen molar-refractivity contribution in [1.82, 2.24) is 0 Å². The van der Waals surface area contributed by atoms with Gasteiger partial charge < -0.3 is 19.6 Å². The molecule has 0 saturated carbocycles. The van der Waals surface area contributed by atoms with Crippen LogP contribution in [0.15, 0.2) is 16.5 Å². The highest BCUT2D eigenvalue weighted by Crippen LogP contribution is 2.42. The largest absolute Gasteiger partial charge is 0.496 e. The number of nitrogen functional groups attached to an aromatic ring is 1. The zero-order valence-corrected chi connectivity index (χ0v) is 11.9. The Labute approximate surface area is 117 Å². The molecule has 2 N–H and O–H groups in total. The van der Waals surface area contributed by atoms with Gasteiger partial charge in [0, 0.05) is 16.7 Å². The number of benzene rings is 1. The van der Waals surface area contributed by atoms with Gasteiger partial charge in [0.15, 0.2) is 0 Å². The predicted octanol–water partition coefficient (Wildman–Crippen LogP) is 3.03. The van der Waals surface area contributed by atoms with Crippen molar-refractivity contribution in [1.29, 1.82) is 5.26 Å². The molecule has 0 aliphatic rings. The van der Waals surface area contributed by atoms with Gasteiger partial charge in [0.2, 0.25) is 5.88 Å². The van der Waals surface area contributed by atoms with E-state index in [1.54, 1.807) is 21.1 Å².